The van der Waals surface area contributed by atoms with E-state index in [1.807, 2.05) is 0 Å². The largest absolute Gasteiger partial charge is 0.376 e. The lowest BCUT2D eigenvalue weighted by Crippen LogP contribution is -2.41. The molecule has 5 heteroatoms. The van der Waals surface area contributed by atoms with Crippen LogP contribution in [0.2, 0.25) is 0 Å². The van der Waals surface area contributed by atoms with E-state index in [4.69, 9.17) is 4.74 Å². The van der Waals surface area contributed by atoms with Crippen LogP contribution in [-0.4, -0.2) is 23.2 Å². The van der Waals surface area contributed by atoms with E-state index < -0.39 is 0 Å². The Morgan fingerprint density at radius 3 is 3.11 bits per heavy atom. The Hall–Kier alpha value is -1.20. The molecule has 1 fully saturated rings. The fraction of sp³-hybridized carbons (Fsp3) is 0.462. The Labute approximate surface area is 109 Å². The standard InChI is InChI=1S/C13H15FN2OS/c1-8-13(2,5-6-17-8)16-12-15-10-4-3-9(14)7-11(10)18-12/h3-4,7-8H,5-6H2,1-2H3,(H,15,16). The van der Waals surface area contributed by atoms with Gasteiger partial charge in [0, 0.05) is 6.61 Å². The summed E-state index contributed by atoms with van der Waals surface area (Å²) in [5.74, 6) is -0.221. The molecule has 2 aromatic rings. The van der Waals surface area contributed by atoms with E-state index in [9.17, 15) is 4.39 Å². The number of halogens is 1. The Bertz CT molecular complexity index is 585. The van der Waals surface area contributed by atoms with Crippen molar-refractivity contribution in [2.75, 3.05) is 11.9 Å². The van der Waals surface area contributed by atoms with Gasteiger partial charge < -0.3 is 10.1 Å². The van der Waals surface area contributed by atoms with Gasteiger partial charge >= 0.3 is 0 Å². The first-order valence-corrected chi connectivity index (χ1v) is 6.84. The van der Waals surface area contributed by atoms with Crippen molar-refractivity contribution in [2.24, 2.45) is 0 Å². The summed E-state index contributed by atoms with van der Waals surface area (Å²) in [5.41, 5.74) is 0.742. The van der Waals surface area contributed by atoms with Crippen LogP contribution in [0.5, 0.6) is 0 Å². The zero-order valence-corrected chi connectivity index (χ0v) is 11.2. The second-order valence-electron chi connectivity index (χ2n) is 4.94. The smallest absolute Gasteiger partial charge is 0.184 e. The Kier molecular flexibility index (Phi) is 2.75. The van der Waals surface area contributed by atoms with Crippen molar-refractivity contribution >= 4 is 26.7 Å². The molecule has 0 amide bonds. The van der Waals surface area contributed by atoms with E-state index in [-0.39, 0.29) is 17.5 Å². The maximum Gasteiger partial charge on any atom is 0.184 e. The number of hydrogen-bond acceptors (Lipinski definition) is 4. The van der Waals surface area contributed by atoms with Gasteiger partial charge in [-0.15, -0.1) is 0 Å². The summed E-state index contributed by atoms with van der Waals surface area (Å²) < 4.78 is 19.6. The zero-order valence-electron chi connectivity index (χ0n) is 10.4. The summed E-state index contributed by atoms with van der Waals surface area (Å²) in [6.45, 7) is 4.97. The SMILES string of the molecule is CC1OCCC1(C)Nc1nc2ccc(F)cc2s1. The molecule has 2 atom stereocenters. The molecule has 1 aromatic carbocycles. The second kappa shape index (κ2) is 4.17. The van der Waals surface area contributed by atoms with E-state index in [0.717, 1.165) is 28.4 Å². The van der Waals surface area contributed by atoms with Gasteiger partial charge in [0.15, 0.2) is 5.13 Å². The first-order chi connectivity index (χ1) is 8.57. The Balaban J connectivity index is 1.91. The Morgan fingerprint density at radius 2 is 2.39 bits per heavy atom. The highest BCUT2D eigenvalue weighted by Crippen LogP contribution is 2.33. The number of rotatable bonds is 2. The fourth-order valence-corrected chi connectivity index (χ4v) is 3.22. The van der Waals surface area contributed by atoms with Crippen LogP contribution >= 0.6 is 11.3 Å². The minimum absolute atomic E-state index is 0.0909. The molecule has 0 spiro atoms. The number of benzene rings is 1. The maximum absolute atomic E-state index is 13.1. The normalized spacial score (nSPS) is 27.8. The minimum Gasteiger partial charge on any atom is -0.376 e. The van der Waals surface area contributed by atoms with Crippen LogP contribution in [0.25, 0.3) is 10.2 Å². The number of hydrogen-bond donors (Lipinski definition) is 1. The predicted molar refractivity (Wildman–Crippen MR) is 71.6 cm³/mol. The number of ether oxygens (including phenoxy) is 1. The number of anilines is 1. The van der Waals surface area contributed by atoms with Crippen molar-refractivity contribution in [3.63, 3.8) is 0 Å². The third kappa shape index (κ3) is 1.97. The van der Waals surface area contributed by atoms with Gasteiger partial charge in [0.25, 0.3) is 0 Å². The van der Waals surface area contributed by atoms with Gasteiger partial charge in [-0.25, -0.2) is 9.37 Å². The van der Waals surface area contributed by atoms with Crippen LogP contribution in [0.15, 0.2) is 18.2 Å². The molecule has 3 rings (SSSR count). The molecule has 96 valence electrons. The minimum atomic E-state index is -0.221. The highest BCUT2D eigenvalue weighted by Gasteiger charge is 2.37. The zero-order chi connectivity index (χ0) is 12.8. The number of fused-ring (bicyclic) bond motifs is 1. The van der Waals surface area contributed by atoms with E-state index in [0.29, 0.717) is 0 Å². The van der Waals surface area contributed by atoms with Crippen molar-refractivity contribution < 1.29 is 9.13 Å². The molecule has 2 unspecified atom stereocenters. The molecular weight excluding hydrogens is 251 g/mol. The summed E-state index contributed by atoms with van der Waals surface area (Å²) in [5, 5.41) is 4.26. The molecule has 0 aliphatic carbocycles. The highest BCUT2D eigenvalue weighted by atomic mass is 32.1. The van der Waals surface area contributed by atoms with Crippen LogP contribution in [0.1, 0.15) is 20.3 Å². The molecule has 1 aromatic heterocycles. The summed E-state index contributed by atoms with van der Waals surface area (Å²) in [4.78, 5) is 4.48. The van der Waals surface area contributed by atoms with Crippen LogP contribution in [0, 0.1) is 5.82 Å². The first kappa shape index (κ1) is 11.9. The predicted octanol–water partition coefficient (Wildman–Crippen LogP) is 3.41. The quantitative estimate of drug-likeness (QED) is 0.904. The van der Waals surface area contributed by atoms with Gasteiger partial charge in [-0.1, -0.05) is 11.3 Å². The molecule has 1 N–H and O–H groups in total. The van der Waals surface area contributed by atoms with Crippen LogP contribution in [0.4, 0.5) is 9.52 Å². The number of aromatic nitrogens is 1. The molecule has 1 saturated heterocycles. The van der Waals surface area contributed by atoms with Gasteiger partial charge in [-0.3, -0.25) is 0 Å². The Morgan fingerprint density at radius 1 is 1.56 bits per heavy atom. The van der Waals surface area contributed by atoms with Crippen molar-refractivity contribution in [2.45, 2.75) is 31.9 Å². The summed E-state index contributed by atoms with van der Waals surface area (Å²) in [6.07, 6.45) is 1.11. The van der Waals surface area contributed by atoms with Crippen LogP contribution in [0.3, 0.4) is 0 Å². The lowest BCUT2D eigenvalue weighted by atomic mass is 9.95. The molecule has 0 bridgehead atoms. The molecule has 1 aliphatic heterocycles. The fourth-order valence-electron chi connectivity index (χ4n) is 2.20. The molecule has 0 radical (unpaired) electrons. The van der Waals surface area contributed by atoms with E-state index in [2.05, 4.69) is 24.1 Å². The van der Waals surface area contributed by atoms with E-state index >= 15 is 0 Å². The van der Waals surface area contributed by atoms with Crippen LogP contribution < -0.4 is 5.32 Å². The van der Waals surface area contributed by atoms with Crippen LogP contribution in [-0.2, 0) is 4.74 Å². The van der Waals surface area contributed by atoms with Gasteiger partial charge in [0.1, 0.15) is 5.82 Å². The highest BCUT2D eigenvalue weighted by molar-refractivity contribution is 7.22. The second-order valence-corrected chi connectivity index (χ2v) is 5.97. The molecule has 18 heavy (non-hydrogen) atoms. The van der Waals surface area contributed by atoms with E-state index in [1.54, 1.807) is 6.07 Å². The third-order valence-electron chi connectivity index (χ3n) is 3.63. The monoisotopic (exact) mass is 266 g/mol. The average Bonchev–Trinajstić information content (AvgIpc) is 2.83. The average molecular weight is 266 g/mol. The third-order valence-corrected chi connectivity index (χ3v) is 4.56. The lowest BCUT2D eigenvalue weighted by Gasteiger charge is -2.28. The van der Waals surface area contributed by atoms with Gasteiger partial charge in [-0.05, 0) is 38.5 Å². The van der Waals surface area contributed by atoms with Gasteiger partial charge in [-0.2, -0.15) is 0 Å². The summed E-state index contributed by atoms with van der Waals surface area (Å²) in [6, 6.07) is 4.67. The molecule has 1 aliphatic rings. The van der Waals surface area contributed by atoms with Gasteiger partial charge in [0.05, 0.1) is 21.9 Å². The number of thiazole rings is 1. The van der Waals surface area contributed by atoms with Crippen molar-refractivity contribution in [3.8, 4) is 0 Å². The van der Waals surface area contributed by atoms with Gasteiger partial charge in [0.2, 0.25) is 0 Å². The topological polar surface area (TPSA) is 34.1 Å². The molecule has 3 nitrogen and oxygen atoms in total. The molecule has 0 saturated carbocycles. The number of nitrogens with zero attached hydrogens (tertiary/aromatic N) is 1. The van der Waals surface area contributed by atoms with Crippen molar-refractivity contribution in [1.29, 1.82) is 0 Å². The van der Waals surface area contributed by atoms with Crippen molar-refractivity contribution in [1.82, 2.24) is 4.98 Å². The van der Waals surface area contributed by atoms with E-state index in [1.165, 1.54) is 23.5 Å². The summed E-state index contributed by atoms with van der Waals surface area (Å²) >= 11 is 1.48. The maximum atomic E-state index is 13.1. The number of nitrogens with one attached hydrogen (secondary N) is 1. The first-order valence-electron chi connectivity index (χ1n) is 6.03. The lowest BCUT2D eigenvalue weighted by molar-refractivity contribution is 0.105. The molecular formula is C13H15FN2OS. The molecule has 2 heterocycles. The van der Waals surface area contributed by atoms with Crippen molar-refractivity contribution in [3.05, 3.63) is 24.0 Å². The summed E-state index contributed by atoms with van der Waals surface area (Å²) in [7, 11) is 0.